The molecule has 0 N–H and O–H groups in total. The number of rotatable bonds is 0. The molecule has 1 aliphatic rings. The van der Waals surface area contributed by atoms with Crippen LogP contribution in [0.15, 0.2) is 12.1 Å². The third-order valence-corrected chi connectivity index (χ3v) is 2.40. The maximum atomic E-state index is 5.67. The Morgan fingerprint density at radius 1 is 1.33 bits per heavy atom. The second-order valence-corrected chi connectivity index (χ2v) is 3.69. The van der Waals surface area contributed by atoms with Gasteiger partial charge >= 0.3 is 0 Å². The van der Waals surface area contributed by atoms with Crippen molar-refractivity contribution in [3.05, 3.63) is 28.8 Å². The summed E-state index contributed by atoms with van der Waals surface area (Å²) in [4.78, 5) is 0. The molecule has 1 aromatic rings. The molecule has 12 heavy (non-hydrogen) atoms. The van der Waals surface area contributed by atoms with Crippen molar-refractivity contribution in [2.75, 3.05) is 0 Å². The molecule has 0 saturated heterocycles. The summed E-state index contributed by atoms with van der Waals surface area (Å²) in [5, 5.41) is 0. The minimum atomic E-state index is 0.362. The van der Waals surface area contributed by atoms with Gasteiger partial charge in [-0.25, -0.2) is 0 Å². The Morgan fingerprint density at radius 2 is 2.08 bits per heavy atom. The van der Waals surface area contributed by atoms with Crippen LogP contribution in [0, 0.1) is 13.8 Å². The van der Waals surface area contributed by atoms with E-state index in [1.54, 1.807) is 0 Å². The summed E-state index contributed by atoms with van der Waals surface area (Å²) in [7, 11) is 0. The molecule has 0 bridgehead atoms. The highest BCUT2D eigenvalue weighted by Gasteiger charge is 2.20. The summed E-state index contributed by atoms with van der Waals surface area (Å²) in [6.45, 7) is 6.39. The van der Waals surface area contributed by atoms with Gasteiger partial charge < -0.3 is 4.74 Å². The molecule has 0 aliphatic carbocycles. The second kappa shape index (κ2) is 2.51. The second-order valence-electron chi connectivity index (χ2n) is 3.69. The number of hydrogen-bond acceptors (Lipinski definition) is 1. The zero-order valence-corrected chi connectivity index (χ0v) is 7.85. The van der Waals surface area contributed by atoms with Gasteiger partial charge in [0.05, 0.1) is 0 Å². The third-order valence-electron chi connectivity index (χ3n) is 2.40. The van der Waals surface area contributed by atoms with Crippen LogP contribution in [-0.2, 0) is 6.42 Å². The minimum absolute atomic E-state index is 0.362. The van der Waals surface area contributed by atoms with Gasteiger partial charge in [-0.15, -0.1) is 0 Å². The van der Waals surface area contributed by atoms with Gasteiger partial charge in [0, 0.05) is 12.0 Å². The van der Waals surface area contributed by atoms with Crippen LogP contribution in [0.5, 0.6) is 5.75 Å². The zero-order chi connectivity index (χ0) is 8.72. The fourth-order valence-corrected chi connectivity index (χ4v) is 1.87. The SMILES string of the molecule is Cc1cc(C)c2c(c1)O[C@@H](C)C2. The number of benzene rings is 1. The first kappa shape index (κ1) is 7.66. The van der Waals surface area contributed by atoms with E-state index in [1.807, 2.05) is 0 Å². The van der Waals surface area contributed by atoms with E-state index in [-0.39, 0.29) is 0 Å². The van der Waals surface area contributed by atoms with Crippen molar-refractivity contribution in [2.24, 2.45) is 0 Å². The first-order chi connectivity index (χ1) is 5.66. The predicted octanol–water partition coefficient (Wildman–Crippen LogP) is 2.63. The van der Waals surface area contributed by atoms with Crippen LogP contribution in [0.2, 0.25) is 0 Å². The first-order valence-corrected chi connectivity index (χ1v) is 4.43. The summed E-state index contributed by atoms with van der Waals surface area (Å²) < 4.78 is 5.67. The standard InChI is InChI=1S/C11H14O/c1-7-4-8(2)10-6-9(3)12-11(10)5-7/h4-5,9H,6H2,1-3H3/t9-/m0/s1. The van der Waals surface area contributed by atoms with E-state index in [0.717, 1.165) is 12.2 Å². The van der Waals surface area contributed by atoms with Gasteiger partial charge in [-0.2, -0.15) is 0 Å². The molecule has 1 aliphatic heterocycles. The van der Waals surface area contributed by atoms with Gasteiger partial charge in [0.1, 0.15) is 11.9 Å². The molecule has 1 aromatic carbocycles. The van der Waals surface area contributed by atoms with Gasteiger partial charge in [-0.05, 0) is 38.0 Å². The van der Waals surface area contributed by atoms with Crippen LogP contribution in [-0.4, -0.2) is 6.10 Å². The Balaban J connectivity index is 2.52. The lowest BCUT2D eigenvalue weighted by atomic mass is 10.0. The van der Waals surface area contributed by atoms with Crippen molar-refractivity contribution in [3.63, 3.8) is 0 Å². The highest BCUT2D eigenvalue weighted by Crippen LogP contribution is 2.32. The molecule has 0 aromatic heterocycles. The smallest absolute Gasteiger partial charge is 0.123 e. The number of fused-ring (bicyclic) bond motifs is 1. The lowest BCUT2D eigenvalue weighted by Crippen LogP contribution is -2.05. The molecule has 0 unspecified atom stereocenters. The van der Waals surface area contributed by atoms with E-state index < -0.39 is 0 Å². The lowest BCUT2D eigenvalue weighted by molar-refractivity contribution is 0.254. The molecule has 0 saturated carbocycles. The molecule has 1 nitrogen and oxygen atoms in total. The summed E-state index contributed by atoms with van der Waals surface area (Å²) in [5.41, 5.74) is 4.06. The maximum absolute atomic E-state index is 5.67. The third kappa shape index (κ3) is 1.09. The van der Waals surface area contributed by atoms with Gasteiger partial charge in [0.2, 0.25) is 0 Å². The van der Waals surface area contributed by atoms with E-state index in [9.17, 15) is 0 Å². The van der Waals surface area contributed by atoms with Crippen molar-refractivity contribution in [1.29, 1.82) is 0 Å². The van der Waals surface area contributed by atoms with Crippen LogP contribution < -0.4 is 4.74 Å². The summed E-state index contributed by atoms with van der Waals surface area (Å²) in [6.07, 6.45) is 1.43. The predicted molar refractivity (Wildman–Crippen MR) is 49.7 cm³/mol. The Labute approximate surface area is 73.4 Å². The molecule has 0 spiro atoms. The van der Waals surface area contributed by atoms with Crippen LogP contribution in [0.3, 0.4) is 0 Å². The van der Waals surface area contributed by atoms with Gasteiger partial charge in [-0.1, -0.05) is 6.07 Å². The fraction of sp³-hybridized carbons (Fsp3) is 0.455. The molecule has 1 atom stereocenters. The Bertz CT molecular complexity index is 315. The van der Waals surface area contributed by atoms with E-state index in [4.69, 9.17) is 4.74 Å². The van der Waals surface area contributed by atoms with Gasteiger partial charge in [0.15, 0.2) is 0 Å². The average molecular weight is 162 g/mol. The number of ether oxygens (including phenoxy) is 1. The van der Waals surface area contributed by atoms with Crippen LogP contribution in [0.25, 0.3) is 0 Å². The van der Waals surface area contributed by atoms with Crippen molar-refractivity contribution in [3.8, 4) is 5.75 Å². The van der Waals surface area contributed by atoms with Crippen LogP contribution >= 0.6 is 0 Å². The fourth-order valence-electron chi connectivity index (χ4n) is 1.87. The summed E-state index contributed by atoms with van der Waals surface area (Å²) in [5.74, 6) is 1.10. The molecule has 1 heteroatoms. The highest BCUT2D eigenvalue weighted by atomic mass is 16.5. The van der Waals surface area contributed by atoms with E-state index in [1.165, 1.54) is 16.7 Å². The minimum Gasteiger partial charge on any atom is -0.490 e. The van der Waals surface area contributed by atoms with Gasteiger partial charge in [0.25, 0.3) is 0 Å². The van der Waals surface area contributed by atoms with E-state index in [2.05, 4.69) is 32.9 Å². The Morgan fingerprint density at radius 3 is 2.83 bits per heavy atom. The molecule has 0 amide bonds. The quantitative estimate of drug-likeness (QED) is 0.569. The van der Waals surface area contributed by atoms with E-state index in [0.29, 0.717) is 6.10 Å². The van der Waals surface area contributed by atoms with Crippen molar-refractivity contribution in [2.45, 2.75) is 33.3 Å². The zero-order valence-electron chi connectivity index (χ0n) is 7.85. The van der Waals surface area contributed by atoms with E-state index >= 15 is 0 Å². The molecular formula is C11H14O. The monoisotopic (exact) mass is 162 g/mol. The molecule has 1 heterocycles. The lowest BCUT2D eigenvalue weighted by Gasteiger charge is -2.04. The van der Waals surface area contributed by atoms with Gasteiger partial charge in [-0.3, -0.25) is 0 Å². The first-order valence-electron chi connectivity index (χ1n) is 4.43. The number of hydrogen-bond donors (Lipinski definition) is 0. The van der Waals surface area contributed by atoms with Crippen LogP contribution in [0.1, 0.15) is 23.6 Å². The normalized spacial score (nSPS) is 20.4. The van der Waals surface area contributed by atoms with Crippen molar-refractivity contribution >= 4 is 0 Å². The highest BCUT2D eigenvalue weighted by molar-refractivity contribution is 5.45. The van der Waals surface area contributed by atoms with Crippen molar-refractivity contribution < 1.29 is 4.74 Å². The van der Waals surface area contributed by atoms with Crippen LogP contribution in [0.4, 0.5) is 0 Å². The van der Waals surface area contributed by atoms with Crippen molar-refractivity contribution in [1.82, 2.24) is 0 Å². The summed E-state index contributed by atoms with van der Waals surface area (Å²) in [6, 6.07) is 4.35. The maximum Gasteiger partial charge on any atom is 0.123 e. The molecule has 2 rings (SSSR count). The Kier molecular flexibility index (Phi) is 1.60. The Hall–Kier alpha value is -0.980. The largest absolute Gasteiger partial charge is 0.490 e. The molecule has 0 fully saturated rings. The molecular weight excluding hydrogens is 148 g/mol. The molecule has 0 radical (unpaired) electrons. The number of aryl methyl sites for hydroxylation is 2. The molecule has 64 valence electrons. The topological polar surface area (TPSA) is 9.23 Å². The average Bonchev–Trinajstić information content (AvgIpc) is 2.29. The summed E-state index contributed by atoms with van der Waals surface area (Å²) >= 11 is 0.